The molecule has 2 rings (SSSR count). The molecule has 2 aliphatic rings. The molecule has 0 bridgehead atoms. The van der Waals surface area contributed by atoms with E-state index in [0.717, 1.165) is 13.0 Å². The largest absolute Gasteiger partial charge is 0.395 e. The van der Waals surface area contributed by atoms with Gasteiger partial charge < -0.3 is 15.2 Å². The van der Waals surface area contributed by atoms with Gasteiger partial charge in [-0.15, -0.1) is 0 Å². The maximum atomic E-state index is 9.11. The van der Waals surface area contributed by atoms with Gasteiger partial charge >= 0.3 is 0 Å². The Morgan fingerprint density at radius 3 is 2.69 bits per heavy atom. The first kappa shape index (κ1) is 12.3. The lowest BCUT2D eigenvalue weighted by Crippen LogP contribution is -2.64. The van der Waals surface area contributed by atoms with Gasteiger partial charge in [-0.3, -0.25) is 0 Å². The quantitative estimate of drug-likeness (QED) is 0.751. The van der Waals surface area contributed by atoms with Crippen molar-refractivity contribution < 1.29 is 9.84 Å². The molecule has 0 aromatic heterocycles. The maximum absolute atomic E-state index is 9.11. The molecule has 0 amide bonds. The van der Waals surface area contributed by atoms with Crippen molar-refractivity contribution in [3.05, 3.63) is 0 Å². The smallest absolute Gasteiger partial charge is 0.0661 e. The maximum Gasteiger partial charge on any atom is 0.0661 e. The predicted molar refractivity (Wildman–Crippen MR) is 64.4 cm³/mol. The zero-order valence-electron chi connectivity index (χ0n) is 10.5. The molecule has 0 aliphatic heterocycles. The zero-order chi connectivity index (χ0) is 11.6. The van der Waals surface area contributed by atoms with E-state index < -0.39 is 0 Å². The number of nitrogens with one attached hydrogen (secondary N) is 1. The van der Waals surface area contributed by atoms with E-state index in [1.807, 2.05) is 0 Å². The molecule has 0 radical (unpaired) electrons. The number of hydrogen-bond acceptors (Lipinski definition) is 3. The SMILES string of the molecule is CCOC1CC(NC(C)CO)C12CCCC2. The van der Waals surface area contributed by atoms with Crippen molar-refractivity contribution >= 4 is 0 Å². The summed E-state index contributed by atoms with van der Waals surface area (Å²) < 4.78 is 5.86. The fraction of sp³-hybridized carbons (Fsp3) is 1.00. The Kier molecular flexibility index (Phi) is 3.88. The van der Waals surface area contributed by atoms with Crippen LogP contribution in [0.25, 0.3) is 0 Å². The van der Waals surface area contributed by atoms with Crippen LogP contribution < -0.4 is 5.32 Å². The highest BCUT2D eigenvalue weighted by Gasteiger charge is 2.56. The van der Waals surface area contributed by atoms with Crippen LogP contribution in [0.4, 0.5) is 0 Å². The summed E-state index contributed by atoms with van der Waals surface area (Å²) in [4.78, 5) is 0. The first-order valence-corrected chi connectivity index (χ1v) is 6.71. The number of hydrogen-bond donors (Lipinski definition) is 2. The van der Waals surface area contributed by atoms with Crippen molar-refractivity contribution in [1.29, 1.82) is 0 Å². The zero-order valence-corrected chi connectivity index (χ0v) is 10.5. The van der Waals surface area contributed by atoms with Gasteiger partial charge in [-0.25, -0.2) is 0 Å². The van der Waals surface area contributed by atoms with Gasteiger partial charge in [0.2, 0.25) is 0 Å². The van der Waals surface area contributed by atoms with Crippen LogP contribution in [0.2, 0.25) is 0 Å². The highest BCUT2D eigenvalue weighted by Crippen LogP contribution is 2.54. The number of aliphatic hydroxyl groups excluding tert-OH is 1. The summed E-state index contributed by atoms with van der Waals surface area (Å²) in [6.45, 7) is 5.19. The van der Waals surface area contributed by atoms with Crippen LogP contribution in [0.1, 0.15) is 46.0 Å². The number of ether oxygens (including phenoxy) is 1. The standard InChI is InChI=1S/C13H25NO2/c1-3-16-12-8-11(14-10(2)9-15)13(12)6-4-5-7-13/h10-12,14-15H,3-9H2,1-2H3. The van der Waals surface area contributed by atoms with Crippen LogP contribution in [0.5, 0.6) is 0 Å². The molecule has 2 N–H and O–H groups in total. The van der Waals surface area contributed by atoms with Crippen LogP contribution in [0, 0.1) is 5.41 Å². The molecule has 0 aromatic carbocycles. The van der Waals surface area contributed by atoms with E-state index in [4.69, 9.17) is 9.84 Å². The van der Waals surface area contributed by atoms with Gasteiger partial charge in [0, 0.05) is 24.1 Å². The fourth-order valence-electron chi connectivity index (χ4n) is 3.52. The van der Waals surface area contributed by atoms with E-state index in [-0.39, 0.29) is 12.6 Å². The molecule has 0 aromatic rings. The topological polar surface area (TPSA) is 41.5 Å². The number of aliphatic hydroxyl groups is 1. The van der Waals surface area contributed by atoms with E-state index in [1.165, 1.54) is 25.7 Å². The minimum atomic E-state index is 0.213. The lowest BCUT2D eigenvalue weighted by molar-refractivity contribution is -0.133. The molecule has 94 valence electrons. The summed E-state index contributed by atoms with van der Waals surface area (Å²) in [5.74, 6) is 0. The van der Waals surface area contributed by atoms with Crippen LogP contribution in [0.15, 0.2) is 0 Å². The third-order valence-corrected chi connectivity index (χ3v) is 4.45. The monoisotopic (exact) mass is 227 g/mol. The highest BCUT2D eigenvalue weighted by atomic mass is 16.5. The summed E-state index contributed by atoms with van der Waals surface area (Å²) >= 11 is 0. The normalized spacial score (nSPS) is 33.9. The van der Waals surface area contributed by atoms with Crippen molar-refractivity contribution in [3.63, 3.8) is 0 Å². The minimum absolute atomic E-state index is 0.213. The molecular formula is C13H25NO2. The van der Waals surface area contributed by atoms with E-state index in [9.17, 15) is 0 Å². The van der Waals surface area contributed by atoms with Crippen LogP contribution in [-0.4, -0.2) is 36.5 Å². The lowest BCUT2D eigenvalue weighted by atomic mass is 9.60. The van der Waals surface area contributed by atoms with E-state index in [1.54, 1.807) is 0 Å². The van der Waals surface area contributed by atoms with Crippen molar-refractivity contribution in [2.24, 2.45) is 5.41 Å². The van der Waals surface area contributed by atoms with Gasteiger partial charge in [0.25, 0.3) is 0 Å². The molecule has 3 nitrogen and oxygen atoms in total. The van der Waals surface area contributed by atoms with Crippen molar-refractivity contribution in [2.45, 2.75) is 64.1 Å². The third-order valence-electron chi connectivity index (χ3n) is 4.45. The molecule has 2 saturated carbocycles. The third kappa shape index (κ3) is 2.01. The first-order valence-electron chi connectivity index (χ1n) is 6.71. The van der Waals surface area contributed by atoms with E-state index in [0.29, 0.717) is 17.6 Å². The molecule has 3 unspecified atom stereocenters. The Bertz CT molecular complexity index is 226. The summed E-state index contributed by atoms with van der Waals surface area (Å²) in [5.41, 5.74) is 0.388. The van der Waals surface area contributed by atoms with Crippen molar-refractivity contribution in [3.8, 4) is 0 Å². The van der Waals surface area contributed by atoms with Gasteiger partial charge in [-0.05, 0) is 33.1 Å². The van der Waals surface area contributed by atoms with Crippen molar-refractivity contribution in [2.75, 3.05) is 13.2 Å². The van der Waals surface area contributed by atoms with Crippen LogP contribution >= 0.6 is 0 Å². The van der Waals surface area contributed by atoms with Gasteiger partial charge in [0.15, 0.2) is 0 Å². The molecule has 3 atom stereocenters. The Hall–Kier alpha value is -0.120. The van der Waals surface area contributed by atoms with Gasteiger partial charge in [-0.1, -0.05) is 12.8 Å². The minimum Gasteiger partial charge on any atom is -0.395 e. The molecular weight excluding hydrogens is 202 g/mol. The molecule has 0 saturated heterocycles. The molecule has 0 heterocycles. The average molecular weight is 227 g/mol. The Morgan fingerprint density at radius 2 is 2.12 bits per heavy atom. The first-order chi connectivity index (χ1) is 7.73. The lowest BCUT2D eigenvalue weighted by Gasteiger charge is -2.55. The Labute approximate surface area is 98.6 Å². The van der Waals surface area contributed by atoms with Gasteiger partial charge in [-0.2, -0.15) is 0 Å². The van der Waals surface area contributed by atoms with Gasteiger partial charge in [0.1, 0.15) is 0 Å². The molecule has 16 heavy (non-hydrogen) atoms. The highest BCUT2D eigenvalue weighted by molar-refractivity contribution is 5.10. The molecule has 1 spiro atoms. The second kappa shape index (κ2) is 5.03. The van der Waals surface area contributed by atoms with Crippen LogP contribution in [-0.2, 0) is 4.74 Å². The van der Waals surface area contributed by atoms with Crippen LogP contribution in [0.3, 0.4) is 0 Å². The van der Waals surface area contributed by atoms with Crippen molar-refractivity contribution in [1.82, 2.24) is 5.32 Å². The van der Waals surface area contributed by atoms with Gasteiger partial charge in [0.05, 0.1) is 12.7 Å². The molecule has 3 heteroatoms. The molecule has 2 aliphatic carbocycles. The summed E-state index contributed by atoms with van der Waals surface area (Å²) in [6.07, 6.45) is 6.87. The summed E-state index contributed by atoms with van der Waals surface area (Å²) in [5, 5.41) is 12.7. The molecule has 2 fully saturated rings. The van der Waals surface area contributed by atoms with E-state index in [2.05, 4.69) is 19.2 Å². The Morgan fingerprint density at radius 1 is 1.44 bits per heavy atom. The second-order valence-corrected chi connectivity index (χ2v) is 5.42. The van der Waals surface area contributed by atoms with E-state index >= 15 is 0 Å². The number of rotatable bonds is 5. The fourth-order valence-corrected chi connectivity index (χ4v) is 3.52. The Balaban J connectivity index is 1.95. The average Bonchev–Trinajstić information content (AvgIpc) is 2.79. The second-order valence-electron chi connectivity index (χ2n) is 5.42. The summed E-state index contributed by atoms with van der Waals surface area (Å²) in [6, 6.07) is 0.777. The predicted octanol–water partition coefficient (Wildman–Crippen LogP) is 1.69. The summed E-state index contributed by atoms with van der Waals surface area (Å²) in [7, 11) is 0.